The molecule has 0 aliphatic rings. The van der Waals surface area contributed by atoms with Crippen LogP contribution in [0.2, 0.25) is 0 Å². The monoisotopic (exact) mass is 237 g/mol. The summed E-state index contributed by atoms with van der Waals surface area (Å²) in [4.78, 5) is 2.10. The van der Waals surface area contributed by atoms with Crippen LogP contribution < -0.4 is 4.74 Å². The predicted molar refractivity (Wildman–Crippen MR) is 70.2 cm³/mol. The molecule has 0 bridgehead atoms. The quantitative estimate of drug-likeness (QED) is 0.824. The highest BCUT2D eigenvalue weighted by atomic mass is 16.5. The first-order valence-corrected chi connectivity index (χ1v) is 6.04. The van der Waals surface area contributed by atoms with Gasteiger partial charge >= 0.3 is 0 Å². The fraction of sp³-hybridized carbons (Fsp3) is 0.571. The van der Waals surface area contributed by atoms with Crippen molar-refractivity contribution < 1.29 is 9.84 Å². The molecule has 1 rings (SSSR count). The maximum atomic E-state index is 9.77. The molecule has 0 saturated carbocycles. The van der Waals surface area contributed by atoms with E-state index in [1.165, 1.54) is 0 Å². The van der Waals surface area contributed by atoms with Crippen LogP contribution in [0.1, 0.15) is 26.3 Å². The highest BCUT2D eigenvalue weighted by Crippen LogP contribution is 2.20. The molecule has 0 saturated heterocycles. The van der Waals surface area contributed by atoms with E-state index >= 15 is 0 Å². The summed E-state index contributed by atoms with van der Waals surface area (Å²) in [7, 11) is 2.00. The van der Waals surface area contributed by atoms with Crippen molar-refractivity contribution in [2.45, 2.75) is 32.9 Å². The van der Waals surface area contributed by atoms with Gasteiger partial charge in [-0.2, -0.15) is 0 Å². The minimum Gasteiger partial charge on any atom is -0.494 e. The van der Waals surface area contributed by atoms with Crippen molar-refractivity contribution in [2.75, 3.05) is 20.2 Å². The number of aliphatic hydroxyl groups is 1. The van der Waals surface area contributed by atoms with Gasteiger partial charge in [-0.3, -0.25) is 4.90 Å². The molecule has 0 unspecified atom stereocenters. The Morgan fingerprint density at radius 1 is 1.29 bits per heavy atom. The van der Waals surface area contributed by atoms with E-state index in [2.05, 4.69) is 11.0 Å². The number of para-hydroxylation sites is 1. The van der Waals surface area contributed by atoms with Crippen LogP contribution >= 0.6 is 0 Å². The van der Waals surface area contributed by atoms with E-state index < -0.39 is 5.60 Å². The van der Waals surface area contributed by atoms with Crippen LogP contribution in [-0.4, -0.2) is 35.8 Å². The van der Waals surface area contributed by atoms with Crippen molar-refractivity contribution in [3.8, 4) is 5.75 Å². The van der Waals surface area contributed by atoms with Gasteiger partial charge in [-0.1, -0.05) is 18.2 Å². The van der Waals surface area contributed by atoms with Crippen LogP contribution in [0.5, 0.6) is 5.75 Å². The minimum absolute atomic E-state index is 0.632. The molecular formula is C14H23NO2. The maximum Gasteiger partial charge on any atom is 0.123 e. The van der Waals surface area contributed by atoms with E-state index in [1.807, 2.05) is 46.0 Å². The summed E-state index contributed by atoms with van der Waals surface area (Å²) < 4.78 is 5.58. The van der Waals surface area contributed by atoms with E-state index in [4.69, 9.17) is 4.74 Å². The third-order valence-electron chi connectivity index (χ3n) is 2.37. The maximum absolute atomic E-state index is 9.77. The van der Waals surface area contributed by atoms with Gasteiger partial charge in [0.2, 0.25) is 0 Å². The van der Waals surface area contributed by atoms with Gasteiger partial charge in [0.1, 0.15) is 5.75 Å². The van der Waals surface area contributed by atoms with Gasteiger partial charge in [-0.05, 0) is 33.9 Å². The van der Waals surface area contributed by atoms with Crippen molar-refractivity contribution >= 4 is 0 Å². The Labute approximate surface area is 104 Å². The third kappa shape index (κ3) is 5.20. The summed E-state index contributed by atoms with van der Waals surface area (Å²) in [6, 6.07) is 8.03. The lowest BCUT2D eigenvalue weighted by molar-refractivity contribution is 0.0422. The van der Waals surface area contributed by atoms with E-state index in [9.17, 15) is 5.11 Å². The molecule has 96 valence electrons. The molecule has 3 heteroatoms. The Hall–Kier alpha value is -1.06. The van der Waals surface area contributed by atoms with Gasteiger partial charge in [-0.25, -0.2) is 0 Å². The Morgan fingerprint density at radius 2 is 1.94 bits per heavy atom. The highest BCUT2D eigenvalue weighted by Gasteiger charge is 2.16. The lowest BCUT2D eigenvalue weighted by Crippen LogP contribution is -2.35. The smallest absolute Gasteiger partial charge is 0.123 e. The van der Waals surface area contributed by atoms with Crippen molar-refractivity contribution in [2.24, 2.45) is 0 Å². The first kappa shape index (κ1) is 14.0. The van der Waals surface area contributed by atoms with Gasteiger partial charge in [0.15, 0.2) is 0 Å². The third-order valence-corrected chi connectivity index (χ3v) is 2.37. The molecule has 0 aromatic heterocycles. The standard InChI is InChI=1S/C14H23NO2/c1-5-17-13-9-7-6-8-12(13)10-15(4)11-14(2,3)16/h6-9,16H,5,10-11H2,1-4H3. The van der Waals surface area contributed by atoms with Gasteiger partial charge in [0, 0.05) is 18.7 Å². The first-order chi connectivity index (χ1) is 7.92. The zero-order chi connectivity index (χ0) is 12.9. The molecule has 1 N–H and O–H groups in total. The Morgan fingerprint density at radius 3 is 2.53 bits per heavy atom. The largest absolute Gasteiger partial charge is 0.494 e. The molecular weight excluding hydrogens is 214 g/mol. The van der Waals surface area contributed by atoms with Crippen LogP contribution in [0.15, 0.2) is 24.3 Å². The van der Waals surface area contributed by atoms with Gasteiger partial charge in [-0.15, -0.1) is 0 Å². The van der Waals surface area contributed by atoms with E-state index in [-0.39, 0.29) is 0 Å². The van der Waals surface area contributed by atoms with Crippen LogP contribution in [0.25, 0.3) is 0 Å². The molecule has 0 atom stereocenters. The SMILES string of the molecule is CCOc1ccccc1CN(C)CC(C)(C)O. The molecule has 0 heterocycles. The van der Waals surface area contributed by atoms with Crippen LogP contribution in [0.4, 0.5) is 0 Å². The lowest BCUT2D eigenvalue weighted by atomic mass is 10.1. The summed E-state index contributed by atoms with van der Waals surface area (Å²) in [5, 5.41) is 9.77. The van der Waals surface area contributed by atoms with Gasteiger partial charge in [0.05, 0.1) is 12.2 Å². The fourth-order valence-electron chi connectivity index (χ4n) is 1.94. The molecule has 3 nitrogen and oxygen atoms in total. The number of benzene rings is 1. The van der Waals surface area contributed by atoms with Crippen molar-refractivity contribution in [1.82, 2.24) is 4.90 Å². The van der Waals surface area contributed by atoms with Crippen LogP contribution in [-0.2, 0) is 6.54 Å². The summed E-state index contributed by atoms with van der Waals surface area (Å²) >= 11 is 0. The molecule has 0 aliphatic heterocycles. The second-order valence-corrected chi connectivity index (χ2v) is 5.03. The Balaban J connectivity index is 2.67. The molecule has 0 fully saturated rings. The summed E-state index contributed by atoms with van der Waals surface area (Å²) in [6.45, 7) is 7.70. The second kappa shape index (κ2) is 6.03. The fourth-order valence-corrected chi connectivity index (χ4v) is 1.94. The number of ether oxygens (including phenoxy) is 1. The van der Waals surface area contributed by atoms with Gasteiger partial charge in [0.25, 0.3) is 0 Å². The number of hydrogen-bond acceptors (Lipinski definition) is 3. The summed E-state index contributed by atoms with van der Waals surface area (Å²) in [5.74, 6) is 0.928. The van der Waals surface area contributed by atoms with E-state index in [0.29, 0.717) is 13.2 Å². The lowest BCUT2D eigenvalue weighted by Gasteiger charge is -2.26. The van der Waals surface area contributed by atoms with Crippen LogP contribution in [0.3, 0.4) is 0 Å². The summed E-state index contributed by atoms with van der Waals surface area (Å²) in [6.07, 6.45) is 0. The molecule has 0 radical (unpaired) electrons. The van der Waals surface area contributed by atoms with Crippen molar-refractivity contribution in [3.05, 3.63) is 29.8 Å². The Kier molecular flexibility index (Phi) is 4.97. The second-order valence-electron chi connectivity index (χ2n) is 5.03. The first-order valence-electron chi connectivity index (χ1n) is 6.04. The number of likely N-dealkylation sites (N-methyl/N-ethyl adjacent to an activating group) is 1. The Bertz CT molecular complexity index is 344. The predicted octanol–water partition coefficient (Wildman–Crippen LogP) is 2.29. The number of nitrogens with zero attached hydrogens (tertiary/aromatic N) is 1. The molecule has 0 amide bonds. The average Bonchev–Trinajstić information content (AvgIpc) is 2.18. The van der Waals surface area contributed by atoms with Gasteiger partial charge < -0.3 is 9.84 Å². The zero-order valence-electron chi connectivity index (χ0n) is 11.2. The average molecular weight is 237 g/mol. The van der Waals surface area contributed by atoms with Crippen molar-refractivity contribution in [3.63, 3.8) is 0 Å². The van der Waals surface area contributed by atoms with E-state index in [0.717, 1.165) is 17.9 Å². The molecule has 17 heavy (non-hydrogen) atoms. The highest BCUT2D eigenvalue weighted by molar-refractivity contribution is 5.33. The zero-order valence-corrected chi connectivity index (χ0v) is 11.2. The molecule has 0 aliphatic carbocycles. The molecule has 1 aromatic rings. The summed E-state index contributed by atoms with van der Waals surface area (Å²) in [5.41, 5.74) is 0.482. The normalized spacial score (nSPS) is 11.9. The van der Waals surface area contributed by atoms with Crippen molar-refractivity contribution in [1.29, 1.82) is 0 Å². The topological polar surface area (TPSA) is 32.7 Å². The van der Waals surface area contributed by atoms with Crippen LogP contribution in [0, 0.1) is 0 Å². The molecule has 1 aromatic carbocycles. The molecule has 0 spiro atoms. The number of rotatable bonds is 6. The van der Waals surface area contributed by atoms with E-state index in [1.54, 1.807) is 0 Å². The number of hydrogen-bond donors (Lipinski definition) is 1. The minimum atomic E-state index is -0.671.